The molecule has 0 saturated carbocycles. The van der Waals surface area contributed by atoms with Gasteiger partial charge in [0.2, 0.25) is 0 Å². The van der Waals surface area contributed by atoms with Gasteiger partial charge in [0, 0.05) is 12.6 Å². The Hall–Kier alpha value is -2.04. The summed E-state index contributed by atoms with van der Waals surface area (Å²) in [5, 5.41) is 10.8. The molecule has 0 bridgehead atoms. The number of hydrogen-bond acceptors (Lipinski definition) is 3. The summed E-state index contributed by atoms with van der Waals surface area (Å²) in [5.74, 6) is -0.810. The van der Waals surface area contributed by atoms with E-state index in [0.717, 1.165) is 0 Å². The maximum atomic E-state index is 11.1. The Balaban J connectivity index is 2.64. The molecule has 0 aliphatic carbocycles. The molecule has 0 fully saturated rings. The van der Waals surface area contributed by atoms with E-state index in [1.165, 1.54) is 7.05 Å². The monoisotopic (exact) mass is 209 g/mol. The lowest BCUT2D eigenvalue weighted by Gasteiger charge is -2.04. The quantitative estimate of drug-likeness (QED) is 0.757. The fraction of sp³-hybridized carbons (Fsp3) is 0.200. The van der Waals surface area contributed by atoms with E-state index < -0.39 is 5.97 Å². The first-order chi connectivity index (χ1) is 7.13. The van der Waals surface area contributed by atoms with Gasteiger partial charge in [-0.2, -0.15) is 0 Å². The summed E-state index contributed by atoms with van der Waals surface area (Å²) in [7, 11) is 1.54. The van der Waals surface area contributed by atoms with Crippen LogP contribution in [0, 0.1) is 0 Å². The number of ether oxygens (including phenoxy) is 1. The van der Waals surface area contributed by atoms with Gasteiger partial charge in [0.05, 0.1) is 0 Å². The van der Waals surface area contributed by atoms with Crippen LogP contribution in [0.1, 0.15) is 10.4 Å². The highest BCUT2D eigenvalue weighted by Gasteiger charge is 2.03. The van der Waals surface area contributed by atoms with Crippen molar-refractivity contribution in [2.24, 2.45) is 0 Å². The van der Waals surface area contributed by atoms with Gasteiger partial charge in [-0.25, -0.2) is 4.79 Å². The zero-order chi connectivity index (χ0) is 11.3. The SMILES string of the molecule is CNC(=O)c1ccc(OCC(=O)O)cc1. The van der Waals surface area contributed by atoms with Crippen LogP contribution in [0.2, 0.25) is 0 Å². The normalized spacial score (nSPS) is 9.40. The molecule has 1 aromatic rings. The van der Waals surface area contributed by atoms with Crippen molar-refractivity contribution in [2.75, 3.05) is 13.7 Å². The second kappa shape index (κ2) is 4.99. The van der Waals surface area contributed by atoms with Crippen molar-refractivity contribution in [3.8, 4) is 5.75 Å². The smallest absolute Gasteiger partial charge is 0.341 e. The predicted octanol–water partition coefficient (Wildman–Crippen LogP) is 0.510. The molecule has 0 aliphatic rings. The molecule has 0 spiro atoms. The third-order valence-electron chi connectivity index (χ3n) is 1.71. The van der Waals surface area contributed by atoms with Crippen molar-refractivity contribution in [1.29, 1.82) is 0 Å². The lowest BCUT2D eigenvalue weighted by molar-refractivity contribution is -0.139. The first-order valence-corrected chi connectivity index (χ1v) is 4.30. The molecule has 0 heterocycles. The van der Waals surface area contributed by atoms with E-state index in [2.05, 4.69) is 5.32 Å². The molecular weight excluding hydrogens is 198 g/mol. The van der Waals surface area contributed by atoms with Gasteiger partial charge < -0.3 is 15.2 Å². The zero-order valence-corrected chi connectivity index (χ0v) is 8.19. The van der Waals surface area contributed by atoms with E-state index in [-0.39, 0.29) is 12.5 Å². The van der Waals surface area contributed by atoms with Crippen LogP contribution in [0.3, 0.4) is 0 Å². The molecular formula is C10H11NO4. The van der Waals surface area contributed by atoms with E-state index in [4.69, 9.17) is 9.84 Å². The molecule has 0 atom stereocenters. The van der Waals surface area contributed by atoms with Crippen LogP contribution in [-0.4, -0.2) is 30.6 Å². The molecule has 1 rings (SSSR count). The molecule has 5 nitrogen and oxygen atoms in total. The number of amides is 1. The van der Waals surface area contributed by atoms with Gasteiger partial charge in [-0.3, -0.25) is 4.79 Å². The topological polar surface area (TPSA) is 75.6 Å². The predicted molar refractivity (Wildman–Crippen MR) is 53.0 cm³/mol. The van der Waals surface area contributed by atoms with Crippen LogP contribution in [0.15, 0.2) is 24.3 Å². The molecule has 2 N–H and O–H groups in total. The zero-order valence-electron chi connectivity index (χ0n) is 8.19. The van der Waals surface area contributed by atoms with Crippen LogP contribution in [-0.2, 0) is 4.79 Å². The summed E-state index contributed by atoms with van der Waals surface area (Å²) in [6.45, 7) is -0.390. The number of carbonyl (C=O) groups excluding carboxylic acids is 1. The summed E-state index contributed by atoms with van der Waals surface area (Å²) in [6.07, 6.45) is 0. The van der Waals surface area contributed by atoms with Gasteiger partial charge in [-0.05, 0) is 24.3 Å². The first kappa shape index (κ1) is 11.0. The van der Waals surface area contributed by atoms with E-state index in [0.29, 0.717) is 11.3 Å². The number of aliphatic carboxylic acids is 1. The Morgan fingerprint density at radius 2 is 1.93 bits per heavy atom. The van der Waals surface area contributed by atoms with Crippen molar-refractivity contribution in [2.45, 2.75) is 0 Å². The highest BCUT2D eigenvalue weighted by Crippen LogP contribution is 2.11. The molecule has 0 unspecified atom stereocenters. The van der Waals surface area contributed by atoms with Crippen molar-refractivity contribution >= 4 is 11.9 Å². The van der Waals surface area contributed by atoms with Gasteiger partial charge >= 0.3 is 5.97 Å². The fourth-order valence-corrected chi connectivity index (χ4v) is 0.992. The van der Waals surface area contributed by atoms with Crippen LogP contribution >= 0.6 is 0 Å². The Morgan fingerprint density at radius 1 is 1.33 bits per heavy atom. The second-order valence-corrected chi connectivity index (χ2v) is 2.79. The fourth-order valence-electron chi connectivity index (χ4n) is 0.992. The third-order valence-corrected chi connectivity index (χ3v) is 1.71. The lowest BCUT2D eigenvalue weighted by Crippen LogP contribution is -2.17. The van der Waals surface area contributed by atoms with Gasteiger partial charge in [0.1, 0.15) is 5.75 Å². The number of carbonyl (C=O) groups is 2. The summed E-state index contributed by atoms with van der Waals surface area (Å²) < 4.78 is 4.90. The van der Waals surface area contributed by atoms with Crippen LogP contribution < -0.4 is 10.1 Å². The number of rotatable bonds is 4. The van der Waals surface area contributed by atoms with Gasteiger partial charge in [-0.1, -0.05) is 0 Å². The summed E-state index contributed by atoms with van der Waals surface area (Å²) in [5.41, 5.74) is 0.500. The Kier molecular flexibility index (Phi) is 3.68. The van der Waals surface area contributed by atoms with Crippen LogP contribution in [0.5, 0.6) is 5.75 Å². The molecule has 0 saturated heterocycles. The van der Waals surface area contributed by atoms with Crippen LogP contribution in [0.25, 0.3) is 0 Å². The molecule has 0 aliphatic heterocycles. The Morgan fingerprint density at radius 3 is 2.40 bits per heavy atom. The van der Waals surface area contributed by atoms with E-state index in [9.17, 15) is 9.59 Å². The van der Waals surface area contributed by atoms with Crippen LogP contribution in [0.4, 0.5) is 0 Å². The van der Waals surface area contributed by atoms with Crippen molar-refractivity contribution in [3.05, 3.63) is 29.8 Å². The Labute approximate surface area is 86.7 Å². The first-order valence-electron chi connectivity index (χ1n) is 4.30. The minimum absolute atomic E-state index is 0.195. The molecule has 0 aromatic heterocycles. The number of benzene rings is 1. The van der Waals surface area contributed by atoms with E-state index in [1.54, 1.807) is 24.3 Å². The summed E-state index contributed by atoms with van der Waals surface area (Å²) >= 11 is 0. The number of hydrogen-bond donors (Lipinski definition) is 2. The maximum Gasteiger partial charge on any atom is 0.341 e. The third kappa shape index (κ3) is 3.30. The van der Waals surface area contributed by atoms with E-state index in [1.807, 2.05) is 0 Å². The minimum atomic E-state index is -1.04. The summed E-state index contributed by atoms with van der Waals surface area (Å²) in [4.78, 5) is 21.3. The standard InChI is InChI=1S/C10H11NO4/c1-11-10(14)7-2-4-8(5-3-7)15-6-9(12)13/h2-5H,6H2,1H3,(H,11,14)(H,12,13). The highest BCUT2D eigenvalue weighted by atomic mass is 16.5. The number of nitrogens with one attached hydrogen (secondary N) is 1. The summed E-state index contributed by atoms with van der Waals surface area (Å²) in [6, 6.07) is 6.23. The molecule has 80 valence electrons. The highest BCUT2D eigenvalue weighted by molar-refractivity contribution is 5.94. The molecule has 0 radical (unpaired) electrons. The number of carboxylic acid groups (broad SMARTS) is 1. The van der Waals surface area contributed by atoms with Crippen molar-refractivity contribution in [1.82, 2.24) is 5.32 Å². The average molecular weight is 209 g/mol. The van der Waals surface area contributed by atoms with E-state index >= 15 is 0 Å². The molecule has 1 aromatic carbocycles. The Bertz CT molecular complexity index is 358. The van der Waals surface area contributed by atoms with Crippen molar-refractivity contribution in [3.63, 3.8) is 0 Å². The van der Waals surface area contributed by atoms with Gasteiger partial charge in [-0.15, -0.1) is 0 Å². The van der Waals surface area contributed by atoms with Gasteiger partial charge in [0.25, 0.3) is 5.91 Å². The maximum absolute atomic E-state index is 11.1. The number of carboxylic acids is 1. The van der Waals surface area contributed by atoms with Crippen molar-refractivity contribution < 1.29 is 19.4 Å². The second-order valence-electron chi connectivity index (χ2n) is 2.79. The lowest BCUT2D eigenvalue weighted by atomic mass is 10.2. The molecule has 5 heteroatoms. The minimum Gasteiger partial charge on any atom is -0.482 e. The largest absolute Gasteiger partial charge is 0.482 e. The molecule has 15 heavy (non-hydrogen) atoms. The van der Waals surface area contributed by atoms with Gasteiger partial charge in [0.15, 0.2) is 6.61 Å². The average Bonchev–Trinajstić information content (AvgIpc) is 2.26. The molecule has 1 amide bonds.